The molecule has 0 spiro atoms. The molecule has 0 saturated heterocycles. The third-order valence-electron chi connectivity index (χ3n) is 5.61. The van der Waals surface area contributed by atoms with E-state index in [-0.39, 0.29) is 0 Å². The van der Waals surface area contributed by atoms with Crippen LogP contribution in [0, 0.1) is 11.8 Å². The molecule has 3 aromatic carbocycles. The van der Waals surface area contributed by atoms with Gasteiger partial charge in [0.05, 0.1) is 5.69 Å². The lowest BCUT2D eigenvalue weighted by atomic mass is 9.88. The summed E-state index contributed by atoms with van der Waals surface area (Å²) >= 11 is 0. The summed E-state index contributed by atoms with van der Waals surface area (Å²) in [7, 11) is 0. The highest BCUT2D eigenvalue weighted by molar-refractivity contribution is 5.74. The van der Waals surface area contributed by atoms with Gasteiger partial charge in [-0.1, -0.05) is 100 Å². The molecular formula is C29H32N2. The van der Waals surface area contributed by atoms with Crippen LogP contribution in [0.25, 0.3) is 28.2 Å². The lowest BCUT2D eigenvalue weighted by Gasteiger charge is -2.23. The molecular weight excluding hydrogens is 376 g/mol. The van der Waals surface area contributed by atoms with Gasteiger partial charge in [-0.05, 0) is 46.9 Å². The second-order valence-electron chi connectivity index (χ2n) is 9.15. The summed E-state index contributed by atoms with van der Waals surface area (Å²) in [6, 6.07) is 25.9. The van der Waals surface area contributed by atoms with Gasteiger partial charge in [0.2, 0.25) is 0 Å². The molecule has 0 bridgehead atoms. The van der Waals surface area contributed by atoms with E-state index in [2.05, 4.69) is 111 Å². The van der Waals surface area contributed by atoms with Crippen molar-refractivity contribution < 1.29 is 0 Å². The van der Waals surface area contributed by atoms with Crippen LogP contribution in [0.4, 0.5) is 0 Å². The van der Waals surface area contributed by atoms with E-state index in [0.717, 1.165) is 24.2 Å². The predicted molar refractivity (Wildman–Crippen MR) is 132 cm³/mol. The Kier molecular flexibility index (Phi) is 6.36. The van der Waals surface area contributed by atoms with Crippen molar-refractivity contribution in [3.63, 3.8) is 0 Å². The highest BCUT2D eigenvalue weighted by Gasteiger charge is 2.20. The fourth-order valence-corrected chi connectivity index (χ4v) is 4.38. The van der Waals surface area contributed by atoms with Crippen LogP contribution < -0.4 is 0 Å². The standard InChI is InChI=1S/C29H32N2/c1-21(2)19-25-15-16-26(23-11-7-5-8-12-23)27(20-22(3)4)28(25)31-18-17-30-29(31)24-13-9-6-10-14-24/h5-18,21-22H,19-20H2,1-4H3. The van der Waals surface area contributed by atoms with Crippen molar-refractivity contribution in [3.05, 3.63) is 96.3 Å². The first-order valence-electron chi connectivity index (χ1n) is 11.3. The Balaban J connectivity index is 2.00. The maximum Gasteiger partial charge on any atom is 0.144 e. The lowest BCUT2D eigenvalue weighted by Crippen LogP contribution is -2.11. The second kappa shape index (κ2) is 9.34. The van der Waals surface area contributed by atoms with Gasteiger partial charge in [-0.15, -0.1) is 0 Å². The van der Waals surface area contributed by atoms with Crippen LogP contribution in [0.2, 0.25) is 0 Å². The van der Waals surface area contributed by atoms with Gasteiger partial charge >= 0.3 is 0 Å². The molecule has 0 atom stereocenters. The SMILES string of the molecule is CC(C)Cc1ccc(-c2ccccc2)c(CC(C)C)c1-n1ccnc1-c1ccccc1. The summed E-state index contributed by atoms with van der Waals surface area (Å²) in [5, 5.41) is 0. The number of aromatic nitrogens is 2. The maximum absolute atomic E-state index is 4.77. The van der Waals surface area contributed by atoms with E-state index < -0.39 is 0 Å². The van der Waals surface area contributed by atoms with E-state index >= 15 is 0 Å². The minimum atomic E-state index is 0.555. The van der Waals surface area contributed by atoms with Crippen molar-refractivity contribution in [1.29, 1.82) is 0 Å². The Morgan fingerprint density at radius 3 is 1.94 bits per heavy atom. The van der Waals surface area contributed by atoms with Crippen molar-refractivity contribution in [2.45, 2.75) is 40.5 Å². The zero-order valence-electron chi connectivity index (χ0n) is 19.0. The molecule has 0 aliphatic heterocycles. The third-order valence-corrected chi connectivity index (χ3v) is 5.61. The highest BCUT2D eigenvalue weighted by Crippen LogP contribution is 2.36. The molecule has 158 valence electrons. The quantitative estimate of drug-likeness (QED) is 0.308. The molecule has 31 heavy (non-hydrogen) atoms. The normalized spacial score (nSPS) is 11.4. The Labute approximate surface area is 186 Å². The molecule has 4 aromatic rings. The molecule has 0 aliphatic carbocycles. The fraction of sp³-hybridized carbons (Fsp3) is 0.276. The summed E-state index contributed by atoms with van der Waals surface area (Å²) in [5.74, 6) is 2.14. The van der Waals surface area contributed by atoms with Crippen molar-refractivity contribution in [2.75, 3.05) is 0 Å². The molecule has 0 aliphatic rings. The van der Waals surface area contributed by atoms with Crippen LogP contribution in [-0.2, 0) is 12.8 Å². The van der Waals surface area contributed by atoms with Crippen molar-refractivity contribution in [2.24, 2.45) is 11.8 Å². The number of hydrogen-bond acceptors (Lipinski definition) is 1. The summed E-state index contributed by atoms with van der Waals surface area (Å²) in [6.07, 6.45) is 6.12. The fourth-order valence-electron chi connectivity index (χ4n) is 4.38. The molecule has 2 heteroatoms. The van der Waals surface area contributed by atoms with E-state index in [9.17, 15) is 0 Å². The van der Waals surface area contributed by atoms with E-state index in [4.69, 9.17) is 4.98 Å². The average Bonchev–Trinajstić information content (AvgIpc) is 3.24. The van der Waals surface area contributed by atoms with Gasteiger partial charge in [0.15, 0.2) is 0 Å². The van der Waals surface area contributed by atoms with Crippen LogP contribution >= 0.6 is 0 Å². The first-order chi connectivity index (χ1) is 15.0. The van der Waals surface area contributed by atoms with Crippen LogP contribution in [0.5, 0.6) is 0 Å². The Hall–Kier alpha value is -3.13. The Morgan fingerprint density at radius 2 is 1.32 bits per heavy atom. The van der Waals surface area contributed by atoms with Gasteiger partial charge in [0.1, 0.15) is 5.82 Å². The van der Waals surface area contributed by atoms with Crippen LogP contribution in [0.15, 0.2) is 85.2 Å². The Bertz CT molecular complexity index is 1120. The van der Waals surface area contributed by atoms with Gasteiger partial charge in [-0.25, -0.2) is 4.98 Å². The van der Waals surface area contributed by atoms with Crippen molar-refractivity contribution in [3.8, 4) is 28.2 Å². The summed E-state index contributed by atoms with van der Waals surface area (Å²) in [5.41, 5.74) is 7.85. The highest BCUT2D eigenvalue weighted by atomic mass is 15.1. The maximum atomic E-state index is 4.77. The molecule has 0 fully saturated rings. The van der Waals surface area contributed by atoms with E-state index in [1.807, 2.05) is 6.20 Å². The largest absolute Gasteiger partial charge is 0.299 e. The molecule has 1 aromatic heterocycles. The third kappa shape index (κ3) is 4.64. The molecule has 0 N–H and O–H groups in total. The Morgan fingerprint density at radius 1 is 0.710 bits per heavy atom. The number of benzene rings is 3. The van der Waals surface area contributed by atoms with Crippen LogP contribution in [0.1, 0.15) is 38.8 Å². The van der Waals surface area contributed by atoms with E-state index in [0.29, 0.717) is 11.8 Å². The molecule has 4 rings (SSSR count). The molecule has 0 amide bonds. The molecule has 0 saturated carbocycles. The number of hydrogen-bond donors (Lipinski definition) is 0. The zero-order chi connectivity index (χ0) is 21.8. The van der Waals surface area contributed by atoms with Crippen molar-refractivity contribution in [1.82, 2.24) is 9.55 Å². The molecule has 0 radical (unpaired) electrons. The minimum Gasteiger partial charge on any atom is -0.299 e. The lowest BCUT2D eigenvalue weighted by molar-refractivity contribution is 0.632. The first kappa shape index (κ1) is 21.1. The topological polar surface area (TPSA) is 17.8 Å². The summed E-state index contributed by atoms with van der Waals surface area (Å²) < 4.78 is 2.32. The van der Waals surface area contributed by atoms with Gasteiger partial charge < -0.3 is 0 Å². The van der Waals surface area contributed by atoms with Gasteiger partial charge in [0, 0.05) is 18.0 Å². The summed E-state index contributed by atoms with van der Waals surface area (Å²) in [4.78, 5) is 4.77. The molecule has 2 nitrogen and oxygen atoms in total. The number of imidazole rings is 1. The van der Waals surface area contributed by atoms with Gasteiger partial charge in [0.25, 0.3) is 0 Å². The van der Waals surface area contributed by atoms with Crippen LogP contribution in [0.3, 0.4) is 0 Å². The van der Waals surface area contributed by atoms with Gasteiger partial charge in [-0.3, -0.25) is 4.57 Å². The molecule has 0 unspecified atom stereocenters. The molecule has 1 heterocycles. The smallest absolute Gasteiger partial charge is 0.144 e. The number of nitrogens with zero attached hydrogens (tertiary/aromatic N) is 2. The predicted octanol–water partition coefficient (Wildman–Crippen LogP) is 7.60. The summed E-state index contributed by atoms with van der Waals surface area (Å²) in [6.45, 7) is 9.20. The van der Waals surface area contributed by atoms with E-state index in [1.54, 1.807) is 0 Å². The monoisotopic (exact) mass is 408 g/mol. The zero-order valence-corrected chi connectivity index (χ0v) is 19.0. The van der Waals surface area contributed by atoms with E-state index in [1.165, 1.54) is 27.9 Å². The van der Waals surface area contributed by atoms with Gasteiger partial charge in [-0.2, -0.15) is 0 Å². The minimum absolute atomic E-state index is 0.555. The van der Waals surface area contributed by atoms with Crippen molar-refractivity contribution >= 4 is 0 Å². The average molecular weight is 409 g/mol. The number of rotatable bonds is 7. The first-order valence-corrected chi connectivity index (χ1v) is 11.3. The van der Waals surface area contributed by atoms with Crippen LogP contribution in [-0.4, -0.2) is 9.55 Å². The second-order valence-corrected chi connectivity index (χ2v) is 9.15.